The molecule has 1 rings (SSSR count). The van der Waals surface area contributed by atoms with Crippen molar-refractivity contribution in [2.75, 3.05) is 7.05 Å². The third kappa shape index (κ3) is 3.39. The highest BCUT2D eigenvalue weighted by molar-refractivity contribution is 5.75. The highest BCUT2D eigenvalue weighted by Gasteiger charge is 2.08. The summed E-state index contributed by atoms with van der Waals surface area (Å²) in [4.78, 5) is 13.4. The number of hydrogen-bond donors (Lipinski definition) is 0. The summed E-state index contributed by atoms with van der Waals surface area (Å²) in [5.41, 5.74) is 2.47. The predicted molar refractivity (Wildman–Crippen MR) is 62.6 cm³/mol. The molecule has 0 saturated heterocycles. The Hall–Kier alpha value is -1.31. The number of benzene rings is 1. The molecule has 1 aromatic carbocycles. The Labute approximate surface area is 91.9 Å². The Balaban J connectivity index is 2.62. The van der Waals surface area contributed by atoms with Crippen LogP contribution in [0, 0.1) is 6.92 Å². The van der Waals surface area contributed by atoms with E-state index in [2.05, 4.69) is 19.1 Å². The summed E-state index contributed by atoms with van der Waals surface area (Å²) in [5.74, 6) is 0.223. The van der Waals surface area contributed by atoms with Crippen LogP contribution in [0.5, 0.6) is 0 Å². The third-order valence-electron chi connectivity index (χ3n) is 2.56. The maximum absolute atomic E-state index is 11.6. The van der Waals surface area contributed by atoms with Crippen LogP contribution < -0.4 is 0 Å². The van der Waals surface area contributed by atoms with E-state index in [-0.39, 0.29) is 5.91 Å². The Kier molecular flexibility index (Phi) is 4.35. The summed E-state index contributed by atoms with van der Waals surface area (Å²) >= 11 is 0. The van der Waals surface area contributed by atoms with Gasteiger partial charge in [-0.1, -0.05) is 31.2 Å². The number of nitrogens with zero attached hydrogens (tertiary/aromatic N) is 1. The van der Waals surface area contributed by atoms with Crippen LogP contribution in [0.4, 0.5) is 0 Å². The minimum absolute atomic E-state index is 0.223. The molecule has 0 fully saturated rings. The molecule has 2 nitrogen and oxygen atoms in total. The molecule has 0 unspecified atom stereocenters. The molecule has 0 aromatic heterocycles. The lowest BCUT2D eigenvalue weighted by molar-refractivity contribution is -0.130. The van der Waals surface area contributed by atoms with Gasteiger partial charge in [0, 0.05) is 20.0 Å². The molecule has 0 aliphatic carbocycles. The second-order valence-corrected chi connectivity index (χ2v) is 3.93. The number of aryl methyl sites for hydroxylation is 1. The van der Waals surface area contributed by atoms with Crippen LogP contribution in [0.15, 0.2) is 24.3 Å². The summed E-state index contributed by atoms with van der Waals surface area (Å²) in [6.07, 6.45) is 1.55. The fraction of sp³-hybridized carbons (Fsp3) is 0.462. The van der Waals surface area contributed by atoms with E-state index in [0.29, 0.717) is 13.0 Å². The van der Waals surface area contributed by atoms with Gasteiger partial charge in [-0.05, 0) is 24.5 Å². The second-order valence-electron chi connectivity index (χ2n) is 3.93. The van der Waals surface area contributed by atoms with Crippen LogP contribution in [0.3, 0.4) is 0 Å². The first-order chi connectivity index (χ1) is 7.15. The summed E-state index contributed by atoms with van der Waals surface area (Å²) in [5, 5.41) is 0. The van der Waals surface area contributed by atoms with Crippen LogP contribution in [0.2, 0.25) is 0 Å². The van der Waals surface area contributed by atoms with Gasteiger partial charge in [0.15, 0.2) is 0 Å². The molecule has 1 aromatic rings. The van der Waals surface area contributed by atoms with Gasteiger partial charge in [-0.15, -0.1) is 0 Å². The molecule has 2 heteroatoms. The summed E-state index contributed by atoms with van der Waals surface area (Å²) in [7, 11) is 1.87. The zero-order chi connectivity index (χ0) is 11.3. The van der Waals surface area contributed by atoms with Crippen molar-refractivity contribution in [1.29, 1.82) is 0 Å². The van der Waals surface area contributed by atoms with E-state index in [4.69, 9.17) is 0 Å². The lowest BCUT2D eigenvalue weighted by Gasteiger charge is -2.18. The van der Waals surface area contributed by atoms with Gasteiger partial charge in [0.05, 0.1) is 0 Å². The van der Waals surface area contributed by atoms with Gasteiger partial charge in [0.25, 0.3) is 0 Å². The van der Waals surface area contributed by atoms with E-state index in [0.717, 1.165) is 6.42 Å². The molecule has 0 saturated carbocycles. The van der Waals surface area contributed by atoms with Crippen molar-refractivity contribution in [2.45, 2.75) is 33.2 Å². The first-order valence-electron chi connectivity index (χ1n) is 5.43. The Morgan fingerprint density at radius 1 is 1.33 bits per heavy atom. The molecule has 0 spiro atoms. The summed E-state index contributed by atoms with van der Waals surface area (Å²) in [6, 6.07) is 8.19. The number of rotatable bonds is 4. The van der Waals surface area contributed by atoms with Crippen molar-refractivity contribution in [3.8, 4) is 0 Å². The van der Waals surface area contributed by atoms with E-state index in [1.165, 1.54) is 11.1 Å². The largest absolute Gasteiger partial charge is 0.341 e. The average molecular weight is 205 g/mol. The normalized spacial score (nSPS) is 10.1. The predicted octanol–water partition coefficient (Wildman–Crippen LogP) is 2.75. The number of carbonyl (C=O) groups is 1. The van der Waals surface area contributed by atoms with Crippen LogP contribution >= 0.6 is 0 Å². The lowest BCUT2D eigenvalue weighted by Crippen LogP contribution is -2.25. The summed E-state index contributed by atoms with van der Waals surface area (Å²) in [6.45, 7) is 4.82. The molecular weight excluding hydrogens is 186 g/mol. The van der Waals surface area contributed by atoms with E-state index in [1.807, 2.05) is 26.1 Å². The van der Waals surface area contributed by atoms with Crippen molar-refractivity contribution in [3.63, 3.8) is 0 Å². The van der Waals surface area contributed by atoms with Gasteiger partial charge < -0.3 is 4.90 Å². The molecule has 15 heavy (non-hydrogen) atoms. The Bertz CT molecular complexity index is 333. The molecule has 0 aliphatic heterocycles. The molecule has 0 aliphatic rings. The van der Waals surface area contributed by atoms with Crippen LogP contribution in [0.25, 0.3) is 0 Å². The van der Waals surface area contributed by atoms with E-state index in [9.17, 15) is 4.79 Å². The van der Waals surface area contributed by atoms with Crippen molar-refractivity contribution in [3.05, 3.63) is 35.4 Å². The van der Waals surface area contributed by atoms with E-state index in [1.54, 1.807) is 4.90 Å². The van der Waals surface area contributed by atoms with Crippen LogP contribution in [0.1, 0.15) is 30.9 Å². The minimum atomic E-state index is 0.223. The molecule has 1 amide bonds. The number of hydrogen-bond acceptors (Lipinski definition) is 1. The quantitative estimate of drug-likeness (QED) is 0.740. The zero-order valence-corrected chi connectivity index (χ0v) is 9.79. The highest BCUT2D eigenvalue weighted by atomic mass is 16.2. The number of amides is 1. The van der Waals surface area contributed by atoms with Gasteiger partial charge in [0.1, 0.15) is 0 Å². The fourth-order valence-corrected chi connectivity index (χ4v) is 1.54. The van der Waals surface area contributed by atoms with Crippen LogP contribution in [-0.4, -0.2) is 17.9 Å². The first-order valence-corrected chi connectivity index (χ1v) is 5.43. The maximum Gasteiger partial charge on any atom is 0.222 e. The molecule has 0 radical (unpaired) electrons. The second kappa shape index (κ2) is 5.54. The molecule has 0 atom stereocenters. The van der Waals surface area contributed by atoms with Crippen LogP contribution in [-0.2, 0) is 11.3 Å². The molecule has 0 N–H and O–H groups in total. The van der Waals surface area contributed by atoms with Crippen molar-refractivity contribution in [2.24, 2.45) is 0 Å². The Morgan fingerprint density at radius 3 is 2.60 bits per heavy atom. The van der Waals surface area contributed by atoms with Crippen molar-refractivity contribution < 1.29 is 4.79 Å². The van der Waals surface area contributed by atoms with Crippen molar-refractivity contribution in [1.82, 2.24) is 4.90 Å². The lowest BCUT2D eigenvalue weighted by atomic mass is 10.1. The monoisotopic (exact) mass is 205 g/mol. The van der Waals surface area contributed by atoms with Gasteiger partial charge >= 0.3 is 0 Å². The zero-order valence-electron chi connectivity index (χ0n) is 9.79. The van der Waals surface area contributed by atoms with E-state index >= 15 is 0 Å². The fourth-order valence-electron chi connectivity index (χ4n) is 1.54. The SMILES string of the molecule is CCCC(=O)N(C)Cc1ccccc1C. The third-order valence-corrected chi connectivity index (χ3v) is 2.56. The smallest absolute Gasteiger partial charge is 0.222 e. The highest BCUT2D eigenvalue weighted by Crippen LogP contribution is 2.10. The minimum Gasteiger partial charge on any atom is -0.341 e. The maximum atomic E-state index is 11.6. The molecule has 0 bridgehead atoms. The molecule has 0 heterocycles. The standard InChI is InChI=1S/C13H19NO/c1-4-7-13(15)14(3)10-12-9-6-5-8-11(12)2/h5-6,8-9H,4,7,10H2,1-3H3. The molecular formula is C13H19NO. The van der Waals surface area contributed by atoms with Gasteiger partial charge in [-0.25, -0.2) is 0 Å². The van der Waals surface area contributed by atoms with Gasteiger partial charge in [0.2, 0.25) is 5.91 Å². The Morgan fingerprint density at radius 2 is 2.00 bits per heavy atom. The molecule has 82 valence electrons. The van der Waals surface area contributed by atoms with Gasteiger partial charge in [-0.2, -0.15) is 0 Å². The topological polar surface area (TPSA) is 20.3 Å². The first kappa shape index (κ1) is 11.8. The van der Waals surface area contributed by atoms with E-state index < -0.39 is 0 Å². The van der Waals surface area contributed by atoms with Crippen molar-refractivity contribution >= 4 is 5.91 Å². The number of carbonyl (C=O) groups excluding carboxylic acids is 1. The summed E-state index contributed by atoms with van der Waals surface area (Å²) < 4.78 is 0. The average Bonchev–Trinajstić information content (AvgIpc) is 2.21. The van der Waals surface area contributed by atoms with Gasteiger partial charge in [-0.3, -0.25) is 4.79 Å².